The Labute approximate surface area is 239 Å². The number of nitrogen functional groups attached to an aromatic ring is 2. The van der Waals surface area contributed by atoms with E-state index in [2.05, 4.69) is 37.2 Å². The molecule has 1 unspecified atom stereocenters. The van der Waals surface area contributed by atoms with Crippen molar-refractivity contribution in [3.63, 3.8) is 0 Å². The fourth-order valence-electron chi connectivity index (χ4n) is 5.37. The smallest absolute Gasteiger partial charge is 0.280 e. The van der Waals surface area contributed by atoms with Crippen molar-refractivity contribution in [1.29, 1.82) is 0 Å². The number of nitrogens with zero attached hydrogens (tertiary/aromatic N) is 6. The number of hydrogen-bond donors (Lipinski definition) is 6. The number of fused-ring (bicyclic) bond motifs is 2. The number of aromatic amines is 1. The van der Waals surface area contributed by atoms with Crippen molar-refractivity contribution in [3.8, 4) is 0 Å². The highest BCUT2D eigenvalue weighted by atomic mass is 32.7. The van der Waals surface area contributed by atoms with E-state index < -0.39 is 67.2 Å². The lowest BCUT2D eigenvalue weighted by atomic mass is 10.1. The summed E-state index contributed by atoms with van der Waals surface area (Å²) < 4.78 is 63.4. The minimum atomic E-state index is -4.16. The zero-order valence-electron chi connectivity index (χ0n) is 21.5. The maximum Gasteiger partial charge on any atom is 0.280 e. The summed E-state index contributed by atoms with van der Waals surface area (Å²) in [6, 6.07) is 0. The molecule has 0 radical (unpaired) electrons. The number of aliphatic hydroxyl groups excluding tert-OH is 2. The van der Waals surface area contributed by atoms with Crippen molar-refractivity contribution in [2.75, 3.05) is 24.7 Å². The summed E-state index contributed by atoms with van der Waals surface area (Å²) in [5.41, 5.74) is 9.25. The highest BCUT2D eigenvalue weighted by Gasteiger charge is 2.55. The molecule has 0 spiro atoms. The molecule has 20 heteroatoms. The molecule has 4 aromatic heterocycles. The number of rotatable bonds is 8. The first-order chi connectivity index (χ1) is 20.0. The summed E-state index contributed by atoms with van der Waals surface area (Å²) >= 11 is 4.18. The standard InChI is InChI=1S/C22H26F2N9O7PS/c23-8-4-32(18-13(8)17(25)27-6-28-18)12-3-9(35)10(39-12)1-2-38-41(37,42)16-14(24)11(5-34)40-21(16)33-7-29-15-19(33)30-22(26)31-20(15)36/h4,6-7,9-12,14,16,21,34-35H,1-3,5H2,(H,37,42)(H2,25,27,28)(H3,26,30,31,36)/t9-,10+,11+,12+,14+,16+,21+,41?/m0/s1. The zero-order valence-corrected chi connectivity index (χ0v) is 23.3. The molecule has 6 heterocycles. The van der Waals surface area contributed by atoms with Crippen molar-refractivity contribution >= 4 is 52.8 Å². The quantitative estimate of drug-likeness (QED) is 0.116. The maximum absolute atomic E-state index is 15.5. The Morgan fingerprint density at radius 1 is 1.21 bits per heavy atom. The number of ether oxygens (including phenoxy) is 2. The van der Waals surface area contributed by atoms with Crippen molar-refractivity contribution in [1.82, 2.24) is 34.1 Å². The minimum absolute atomic E-state index is 0.0150. The predicted octanol–water partition coefficient (Wildman–Crippen LogP) is 0.642. The second-order valence-corrected chi connectivity index (χ2v) is 13.6. The van der Waals surface area contributed by atoms with Crippen LogP contribution in [0.3, 0.4) is 0 Å². The third-order valence-electron chi connectivity index (χ3n) is 7.35. The number of alkyl halides is 1. The Balaban J connectivity index is 1.18. The van der Waals surface area contributed by atoms with Crippen LogP contribution in [0.2, 0.25) is 0 Å². The van der Waals surface area contributed by atoms with Gasteiger partial charge in [-0.05, 0) is 0 Å². The van der Waals surface area contributed by atoms with Crippen LogP contribution in [-0.4, -0.2) is 87.6 Å². The normalized spacial score (nSPS) is 29.5. The average Bonchev–Trinajstić information content (AvgIpc) is 3.68. The second-order valence-electron chi connectivity index (χ2n) is 9.92. The first-order valence-electron chi connectivity index (χ1n) is 12.7. The predicted molar refractivity (Wildman–Crippen MR) is 146 cm³/mol. The largest absolute Gasteiger partial charge is 0.394 e. The van der Waals surface area contributed by atoms with Crippen molar-refractivity contribution in [2.24, 2.45) is 0 Å². The van der Waals surface area contributed by atoms with E-state index >= 15 is 4.39 Å². The van der Waals surface area contributed by atoms with Gasteiger partial charge < -0.3 is 40.2 Å². The Hall–Kier alpha value is -3.19. The zero-order chi connectivity index (χ0) is 29.9. The highest BCUT2D eigenvalue weighted by Crippen LogP contribution is 2.64. The Morgan fingerprint density at radius 3 is 2.76 bits per heavy atom. The van der Waals surface area contributed by atoms with E-state index in [1.165, 1.54) is 15.5 Å². The molecular formula is C22H26F2N9O7PS. The third kappa shape index (κ3) is 4.83. The lowest BCUT2D eigenvalue weighted by molar-refractivity contribution is -0.0325. The fraction of sp³-hybridized carbons (Fsp3) is 0.500. The lowest BCUT2D eigenvalue weighted by Crippen LogP contribution is -2.30. The minimum Gasteiger partial charge on any atom is -0.394 e. The van der Waals surface area contributed by atoms with Crippen LogP contribution in [0.4, 0.5) is 20.5 Å². The number of hydrogen-bond acceptors (Lipinski definition) is 13. The van der Waals surface area contributed by atoms with Gasteiger partial charge in [0.1, 0.15) is 36.3 Å². The van der Waals surface area contributed by atoms with E-state index in [0.717, 1.165) is 12.5 Å². The van der Waals surface area contributed by atoms with Gasteiger partial charge >= 0.3 is 0 Å². The number of anilines is 2. The summed E-state index contributed by atoms with van der Waals surface area (Å²) in [4.78, 5) is 30.4. The SMILES string of the molecule is Nc1nc2c(ncn2[C@@H]2O[C@H](CO)[C@@H](F)[C@H]2P(=O)(S)OCC[C@H]2O[C@@H](n3cc(F)c4c(N)ncnc43)C[C@@H]2O)c(=O)[nH]1. The molecule has 4 aromatic rings. The van der Waals surface area contributed by atoms with Crippen molar-refractivity contribution in [3.05, 3.63) is 35.0 Å². The van der Waals surface area contributed by atoms with E-state index in [0.29, 0.717) is 0 Å². The molecule has 7 N–H and O–H groups in total. The number of imidazole rings is 1. The van der Waals surface area contributed by atoms with Crippen molar-refractivity contribution < 1.29 is 37.6 Å². The van der Waals surface area contributed by atoms with Crippen LogP contribution in [0.15, 0.2) is 23.6 Å². The number of aliphatic hydroxyl groups is 2. The van der Waals surface area contributed by atoms with Crippen LogP contribution in [-0.2, 0) is 18.6 Å². The van der Waals surface area contributed by atoms with Crippen LogP contribution < -0.4 is 17.0 Å². The lowest BCUT2D eigenvalue weighted by Gasteiger charge is -2.26. The van der Waals surface area contributed by atoms with Crippen LogP contribution in [0.25, 0.3) is 22.2 Å². The number of thiol groups is 1. The number of nitrogens with one attached hydrogen (secondary N) is 1. The summed E-state index contributed by atoms with van der Waals surface area (Å²) in [6.45, 7) is -5.18. The van der Waals surface area contributed by atoms with Gasteiger partial charge in [-0.3, -0.25) is 18.9 Å². The van der Waals surface area contributed by atoms with Crippen LogP contribution >= 0.6 is 18.8 Å². The summed E-state index contributed by atoms with van der Waals surface area (Å²) in [5, 5.41) is 20.3. The third-order valence-corrected chi connectivity index (χ3v) is 10.3. The topological polar surface area (TPSA) is 232 Å². The van der Waals surface area contributed by atoms with Gasteiger partial charge in [0.05, 0.1) is 37.1 Å². The van der Waals surface area contributed by atoms with Gasteiger partial charge in [0.25, 0.3) is 12.1 Å². The fourth-order valence-corrected chi connectivity index (χ4v) is 7.97. The molecule has 226 valence electrons. The molecule has 0 bridgehead atoms. The summed E-state index contributed by atoms with van der Waals surface area (Å²) in [5.74, 6) is -0.917. The molecule has 8 atom stereocenters. The molecular weight excluding hydrogens is 603 g/mol. The number of nitrogens with two attached hydrogens (primary N) is 2. The molecule has 0 aromatic carbocycles. The van der Waals surface area contributed by atoms with E-state index in [-0.39, 0.29) is 53.4 Å². The molecule has 6 rings (SSSR count). The Morgan fingerprint density at radius 2 is 2.00 bits per heavy atom. The van der Waals surface area contributed by atoms with Gasteiger partial charge in [-0.1, -0.05) is 12.2 Å². The number of aromatic nitrogens is 7. The van der Waals surface area contributed by atoms with Crippen LogP contribution in [0, 0.1) is 5.82 Å². The number of halogens is 2. The van der Waals surface area contributed by atoms with Gasteiger partial charge in [0, 0.05) is 19.0 Å². The number of H-pyrrole nitrogens is 1. The molecule has 42 heavy (non-hydrogen) atoms. The van der Waals surface area contributed by atoms with E-state index in [9.17, 15) is 24.0 Å². The molecule has 16 nitrogen and oxygen atoms in total. The van der Waals surface area contributed by atoms with Gasteiger partial charge in [-0.2, -0.15) is 4.98 Å². The van der Waals surface area contributed by atoms with Gasteiger partial charge in [-0.25, -0.2) is 23.7 Å². The molecule has 0 aliphatic carbocycles. The van der Waals surface area contributed by atoms with Gasteiger partial charge in [0.2, 0.25) is 5.95 Å². The first kappa shape index (κ1) is 28.9. The highest BCUT2D eigenvalue weighted by molar-refractivity contribution is 8.46. The molecule has 0 saturated carbocycles. The second kappa shape index (κ2) is 10.8. The van der Waals surface area contributed by atoms with Crippen LogP contribution in [0.1, 0.15) is 25.3 Å². The van der Waals surface area contributed by atoms with E-state index in [4.69, 9.17) is 25.5 Å². The Kier molecular flexibility index (Phi) is 7.45. The van der Waals surface area contributed by atoms with Gasteiger partial charge in [-0.15, -0.1) is 0 Å². The Bertz CT molecular complexity index is 1750. The molecule has 2 aliphatic heterocycles. The summed E-state index contributed by atoms with van der Waals surface area (Å²) in [6.07, 6.45) is -3.75. The maximum atomic E-state index is 15.5. The summed E-state index contributed by atoms with van der Waals surface area (Å²) in [7, 11) is 0. The van der Waals surface area contributed by atoms with E-state index in [1.807, 2.05) is 0 Å². The molecule has 2 aliphatic rings. The monoisotopic (exact) mass is 629 g/mol. The molecule has 0 amide bonds. The first-order valence-corrected chi connectivity index (χ1v) is 15.5. The van der Waals surface area contributed by atoms with E-state index in [1.54, 1.807) is 0 Å². The average molecular weight is 630 g/mol. The molecule has 2 saturated heterocycles. The van der Waals surface area contributed by atoms with Gasteiger partial charge in [0.15, 0.2) is 28.9 Å². The molecule has 2 fully saturated rings. The van der Waals surface area contributed by atoms with Crippen LogP contribution in [0.5, 0.6) is 0 Å². The van der Waals surface area contributed by atoms with Crippen molar-refractivity contribution in [2.45, 2.75) is 55.4 Å².